The molecule has 0 aromatic heterocycles. The molecular formula is C36H29NO6. The molecule has 2 aliphatic heterocycles. The van der Waals surface area contributed by atoms with Crippen LogP contribution in [0.3, 0.4) is 0 Å². The molecule has 1 spiro atoms. The van der Waals surface area contributed by atoms with Gasteiger partial charge in [-0.25, -0.2) is 0 Å². The van der Waals surface area contributed by atoms with Gasteiger partial charge in [0.2, 0.25) is 0 Å². The van der Waals surface area contributed by atoms with E-state index in [9.17, 15) is 14.4 Å². The summed E-state index contributed by atoms with van der Waals surface area (Å²) in [5, 5.41) is 0. The van der Waals surface area contributed by atoms with Gasteiger partial charge in [-0.2, -0.15) is 0 Å². The number of ketones is 3. The fourth-order valence-electron chi connectivity index (χ4n) is 7.26. The monoisotopic (exact) mass is 571 g/mol. The van der Waals surface area contributed by atoms with Gasteiger partial charge in [0.1, 0.15) is 28.7 Å². The number of anilines is 1. The Morgan fingerprint density at radius 1 is 0.744 bits per heavy atom. The molecule has 214 valence electrons. The van der Waals surface area contributed by atoms with E-state index in [2.05, 4.69) is 0 Å². The molecule has 3 aliphatic rings. The first kappa shape index (κ1) is 26.7. The Balaban J connectivity index is 1.55. The summed E-state index contributed by atoms with van der Waals surface area (Å²) in [6.07, 6.45) is 3.86. The summed E-state index contributed by atoms with van der Waals surface area (Å²) in [6.45, 7) is 0. The van der Waals surface area contributed by atoms with E-state index in [-0.39, 0.29) is 17.3 Å². The molecule has 4 aromatic carbocycles. The van der Waals surface area contributed by atoms with Crippen molar-refractivity contribution in [1.29, 1.82) is 0 Å². The number of methoxy groups -OCH3 is 3. The second-order valence-electron chi connectivity index (χ2n) is 11.0. The summed E-state index contributed by atoms with van der Waals surface area (Å²) < 4.78 is 16.7. The van der Waals surface area contributed by atoms with Crippen molar-refractivity contribution in [2.24, 2.45) is 5.41 Å². The van der Waals surface area contributed by atoms with Crippen molar-refractivity contribution in [3.05, 3.63) is 125 Å². The Morgan fingerprint density at radius 3 is 2.02 bits per heavy atom. The Hall–Kier alpha value is -5.17. The van der Waals surface area contributed by atoms with E-state index in [0.29, 0.717) is 39.5 Å². The minimum Gasteiger partial charge on any atom is -0.497 e. The maximum atomic E-state index is 14.8. The highest BCUT2D eigenvalue weighted by molar-refractivity contribution is 6.32. The Labute approximate surface area is 249 Å². The summed E-state index contributed by atoms with van der Waals surface area (Å²) in [5.74, 6) is -0.0789. The smallest absolute Gasteiger partial charge is 0.185 e. The van der Waals surface area contributed by atoms with Gasteiger partial charge in [0.15, 0.2) is 17.3 Å². The van der Waals surface area contributed by atoms with Crippen LogP contribution < -0.4 is 19.1 Å². The lowest BCUT2D eigenvalue weighted by molar-refractivity contribution is 0.0665. The molecule has 2 heterocycles. The fourth-order valence-corrected chi connectivity index (χ4v) is 7.26. The summed E-state index contributed by atoms with van der Waals surface area (Å²) >= 11 is 0. The van der Waals surface area contributed by atoms with E-state index in [0.717, 1.165) is 11.3 Å². The number of hydrogen-bond donors (Lipinski definition) is 0. The van der Waals surface area contributed by atoms with Gasteiger partial charge >= 0.3 is 0 Å². The second-order valence-corrected chi connectivity index (χ2v) is 11.0. The van der Waals surface area contributed by atoms with Gasteiger partial charge in [-0.15, -0.1) is 0 Å². The molecule has 0 radical (unpaired) electrons. The molecule has 1 saturated heterocycles. The number of rotatable bonds is 6. The number of carbonyl (C=O) groups excluding carboxylic acids is 3. The first-order valence-corrected chi connectivity index (χ1v) is 14.1. The average Bonchev–Trinajstić information content (AvgIpc) is 3.50. The minimum atomic E-state index is -1.62. The lowest BCUT2D eigenvalue weighted by Crippen LogP contribution is -2.48. The third kappa shape index (κ3) is 3.64. The molecule has 7 heteroatoms. The van der Waals surface area contributed by atoms with Crippen LogP contribution in [0.15, 0.2) is 97.1 Å². The molecule has 0 bridgehead atoms. The zero-order chi connectivity index (χ0) is 29.9. The van der Waals surface area contributed by atoms with Gasteiger partial charge in [-0.3, -0.25) is 14.4 Å². The first-order valence-electron chi connectivity index (χ1n) is 14.1. The SMILES string of the molecule is COc1ccc(C(=O)[C@@H]2[C@@H](c3ccc(OC)cc3OC)C3(C(=O)c4ccccc4C3=O)[C@@H]3C=Cc4ccccc4N23)cc1. The maximum absolute atomic E-state index is 14.8. The Bertz CT molecular complexity index is 1790. The lowest BCUT2D eigenvalue weighted by atomic mass is 9.64. The van der Waals surface area contributed by atoms with Crippen molar-refractivity contribution in [3.8, 4) is 17.2 Å². The quantitative estimate of drug-likeness (QED) is 0.207. The number of Topliss-reactive ketones (excluding diaryl/α,β-unsaturated/α-hetero) is 3. The van der Waals surface area contributed by atoms with E-state index in [4.69, 9.17) is 14.2 Å². The molecule has 0 amide bonds. The maximum Gasteiger partial charge on any atom is 0.185 e. The number of benzene rings is 4. The number of hydrogen-bond acceptors (Lipinski definition) is 7. The van der Waals surface area contributed by atoms with Crippen LogP contribution in [0.25, 0.3) is 6.08 Å². The van der Waals surface area contributed by atoms with Crippen LogP contribution in [-0.4, -0.2) is 50.8 Å². The van der Waals surface area contributed by atoms with Crippen molar-refractivity contribution in [1.82, 2.24) is 0 Å². The van der Waals surface area contributed by atoms with Gasteiger partial charge in [-0.1, -0.05) is 60.7 Å². The van der Waals surface area contributed by atoms with Crippen molar-refractivity contribution in [2.75, 3.05) is 26.2 Å². The van der Waals surface area contributed by atoms with E-state index in [1.807, 2.05) is 47.4 Å². The van der Waals surface area contributed by atoms with Gasteiger partial charge in [0, 0.05) is 39.9 Å². The van der Waals surface area contributed by atoms with Gasteiger partial charge in [0.05, 0.1) is 27.4 Å². The highest BCUT2D eigenvalue weighted by Crippen LogP contribution is 2.62. The molecule has 4 aromatic rings. The molecule has 7 nitrogen and oxygen atoms in total. The number of carbonyl (C=O) groups is 3. The average molecular weight is 572 g/mol. The van der Waals surface area contributed by atoms with Crippen LogP contribution >= 0.6 is 0 Å². The third-order valence-electron chi connectivity index (χ3n) is 9.13. The van der Waals surface area contributed by atoms with Crippen LogP contribution in [0, 0.1) is 5.41 Å². The minimum absolute atomic E-state index is 0.214. The van der Waals surface area contributed by atoms with Crippen molar-refractivity contribution in [2.45, 2.75) is 18.0 Å². The lowest BCUT2D eigenvalue weighted by Gasteiger charge is -2.37. The molecule has 0 saturated carbocycles. The number of fused-ring (bicyclic) bond motifs is 5. The Kier molecular flexibility index (Phi) is 6.20. The second kappa shape index (κ2) is 9.98. The van der Waals surface area contributed by atoms with Gasteiger partial charge < -0.3 is 19.1 Å². The summed E-state index contributed by atoms with van der Waals surface area (Å²) in [7, 11) is 4.67. The van der Waals surface area contributed by atoms with Gasteiger partial charge in [0.25, 0.3) is 0 Å². The van der Waals surface area contributed by atoms with Gasteiger partial charge in [-0.05, 0) is 42.0 Å². The molecule has 0 N–H and O–H groups in total. The molecule has 43 heavy (non-hydrogen) atoms. The topological polar surface area (TPSA) is 82.1 Å². The largest absolute Gasteiger partial charge is 0.497 e. The van der Waals surface area contributed by atoms with E-state index < -0.39 is 23.4 Å². The Morgan fingerprint density at radius 2 is 1.37 bits per heavy atom. The van der Waals surface area contributed by atoms with E-state index in [1.54, 1.807) is 74.9 Å². The summed E-state index contributed by atoms with van der Waals surface area (Å²) in [4.78, 5) is 46.5. The molecule has 3 atom stereocenters. The predicted molar refractivity (Wildman–Crippen MR) is 163 cm³/mol. The van der Waals surface area contributed by atoms with Crippen molar-refractivity contribution >= 4 is 29.1 Å². The number of para-hydroxylation sites is 1. The van der Waals surface area contributed by atoms with Crippen LogP contribution in [0.1, 0.15) is 48.1 Å². The zero-order valence-corrected chi connectivity index (χ0v) is 23.9. The standard InChI is InChI=1S/C36H29NO6/c1-41-23-15-12-22(13-16-23)33(38)32-31(27-18-17-24(42-2)20-29(27)43-3)36(34(39)25-9-5-6-10-26(25)35(36)40)30-19-14-21-8-4-7-11-28(21)37(30)32/h4-20,30-32H,1-3H3/t30-,31+,32-/m0/s1. The van der Waals surface area contributed by atoms with E-state index in [1.165, 1.54) is 7.11 Å². The number of nitrogens with zero attached hydrogens (tertiary/aromatic N) is 1. The number of ether oxygens (including phenoxy) is 3. The molecular weight excluding hydrogens is 542 g/mol. The molecule has 1 fully saturated rings. The first-order chi connectivity index (χ1) is 20.9. The fraction of sp³-hybridized carbons (Fsp3) is 0.194. The highest BCUT2D eigenvalue weighted by atomic mass is 16.5. The van der Waals surface area contributed by atoms with E-state index >= 15 is 0 Å². The normalized spacial score (nSPS) is 20.9. The predicted octanol–water partition coefficient (Wildman–Crippen LogP) is 6.03. The molecule has 0 unspecified atom stereocenters. The van der Waals surface area contributed by atoms with Crippen LogP contribution in [0.4, 0.5) is 5.69 Å². The van der Waals surface area contributed by atoms with Crippen LogP contribution in [0.2, 0.25) is 0 Å². The van der Waals surface area contributed by atoms with Crippen LogP contribution in [-0.2, 0) is 0 Å². The van der Waals surface area contributed by atoms with Crippen LogP contribution in [0.5, 0.6) is 17.2 Å². The molecule has 1 aliphatic carbocycles. The summed E-state index contributed by atoms with van der Waals surface area (Å²) in [5.41, 5.74) is 1.84. The molecule has 7 rings (SSSR count). The van der Waals surface area contributed by atoms with Crippen molar-refractivity contribution in [3.63, 3.8) is 0 Å². The van der Waals surface area contributed by atoms with Crippen molar-refractivity contribution < 1.29 is 28.6 Å². The zero-order valence-electron chi connectivity index (χ0n) is 23.9. The summed E-state index contributed by atoms with van der Waals surface area (Å²) in [6, 6.07) is 25.3. The third-order valence-corrected chi connectivity index (χ3v) is 9.13. The highest BCUT2D eigenvalue weighted by Gasteiger charge is 2.72.